The van der Waals surface area contributed by atoms with Crippen molar-refractivity contribution in [3.63, 3.8) is 0 Å². The molecule has 9 nitrogen and oxygen atoms in total. The van der Waals surface area contributed by atoms with E-state index < -0.39 is 18.0 Å². The molecule has 0 radical (unpaired) electrons. The van der Waals surface area contributed by atoms with E-state index in [4.69, 9.17) is 0 Å². The van der Waals surface area contributed by atoms with Crippen LogP contribution in [0.4, 0.5) is 0 Å². The molecule has 13 heavy (non-hydrogen) atoms. The molecule has 0 aromatic rings. The predicted molar refractivity (Wildman–Crippen MR) is 74.6 cm³/mol. The topological polar surface area (TPSA) is 284 Å². The molecule has 99 valence electrons. The molecule has 0 aliphatic rings. The summed E-state index contributed by atoms with van der Waals surface area (Å²) in [5.41, 5.74) is 0. The summed E-state index contributed by atoms with van der Waals surface area (Å²) >= 11 is 6.92. The van der Waals surface area contributed by atoms with Crippen molar-refractivity contribution in [2.24, 2.45) is 0 Å². The quantitative estimate of drug-likeness (QED) is 0.216. The van der Waals surface area contributed by atoms with Crippen LogP contribution in [0.3, 0.4) is 0 Å². The minimum absolute atomic E-state index is 0. The van der Waals surface area contributed by atoms with Gasteiger partial charge in [0, 0.05) is 0 Å². The second-order valence-electron chi connectivity index (χ2n) is 0.175. The van der Waals surface area contributed by atoms with Crippen molar-refractivity contribution in [1.29, 1.82) is 0 Å². The van der Waals surface area contributed by atoms with Crippen LogP contribution in [0.15, 0.2) is 0 Å². The van der Waals surface area contributed by atoms with E-state index in [1.165, 1.54) is 0 Å². The van der Waals surface area contributed by atoms with Gasteiger partial charge in [-0.1, -0.05) is 0 Å². The summed E-state index contributed by atoms with van der Waals surface area (Å²) in [6.07, 6.45) is 0. The fourth-order valence-electron chi connectivity index (χ4n) is 0. The van der Waals surface area contributed by atoms with Crippen LogP contribution >= 0.6 is 42.9 Å². The first-order chi connectivity index (χ1) is 1.73. The van der Waals surface area contributed by atoms with Gasteiger partial charge in [0.05, 0.1) is 0 Å². The van der Waals surface area contributed by atoms with E-state index in [-0.39, 0.29) is 49.3 Å². The van der Waals surface area contributed by atoms with Gasteiger partial charge >= 0.3 is 60.9 Å². The van der Waals surface area contributed by atoms with Crippen molar-refractivity contribution in [2.45, 2.75) is 0 Å². The van der Waals surface area contributed by atoms with Crippen molar-refractivity contribution < 1.29 is 67.3 Å². The molecule has 0 atom stereocenters. The molecule has 0 bridgehead atoms. The van der Waals surface area contributed by atoms with Gasteiger partial charge in [0.1, 0.15) is 0 Å². The second-order valence-corrected chi connectivity index (χ2v) is 58.4. The molecule has 0 saturated heterocycles. The van der Waals surface area contributed by atoms with Crippen LogP contribution in [-0.4, -0.2) is 49.3 Å². The van der Waals surface area contributed by atoms with Gasteiger partial charge in [0.25, 0.3) is 0 Å². The first-order valence-electron chi connectivity index (χ1n) is 0.463. The molecule has 0 heterocycles. The Morgan fingerprint density at radius 2 is 0.385 bits per heavy atom. The summed E-state index contributed by atoms with van der Waals surface area (Å²) in [6, 6.07) is 0. The third kappa shape index (κ3) is 262. The molecule has 0 aliphatic heterocycles. The Labute approximate surface area is 107 Å². The van der Waals surface area contributed by atoms with E-state index in [9.17, 15) is 0 Å². The van der Waals surface area contributed by atoms with Gasteiger partial charge in [0.2, 0.25) is 0 Å². The van der Waals surface area contributed by atoms with Gasteiger partial charge < -0.3 is 49.3 Å². The fourth-order valence-corrected chi connectivity index (χ4v) is 0. The van der Waals surface area contributed by atoms with Crippen LogP contribution in [0.5, 0.6) is 0 Å². The summed E-state index contributed by atoms with van der Waals surface area (Å²) in [5.74, 6) is 0. The minimum atomic E-state index is -0.618. The molecule has 0 spiro atoms. The molecule has 0 aromatic heterocycles. The van der Waals surface area contributed by atoms with Crippen molar-refractivity contribution in [3.05, 3.63) is 0 Å². The van der Waals surface area contributed by atoms with Crippen LogP contribution in [0, 0.1) is 18.0 Å². The van der Waals surface area contributed by atoms with Gasteiger partial charge in [-0.2, -0.15) is 0 Å². The molecular weight excluding hydrogens is 675 g/mol. The normalized spacial score (nSPS) is 2.77. The molecule has 0 aromatic carbocycles. The van der Waals surface area contributed by atoms with Crippen LogP contribution in [0.25, 0.3) is 0 Å². The summed E-state index contributed by atoms with van der Waals surface area (Å²) in [6.45, 7) is 0. The molecule has 18 N–H and O–H groups in total. The number of hydrogen-bond donors (Lipinski definition) is 0. The predicted octanol–water partition coefficient (Wildman–Crippen LogP) is -4.77. The molecular formula is H18I3O9Sm. The van der Waals surface area contributed by atoms with Gasteiger partial charge in [-0.05, 0) is 0 Å². The third-order valence-corrected chi connectivity index (χ3v) is 0. The molecule has 0 fully saturated rings. The van der Waals surface area contributed by atoms with E-state index in [1.807, 2.05) is 0 Å². The second kappa shape index (κ2) is 80.0. The number of rotatable bonds is 0. The summed E-state index contributed by atoms with van der Waals surface area (Å²) in [4.78, 5) is 0. The van der Waals surface area contributed by atoms with Crippen molar-refractivity contribution in [1.82, 2.24) is 0 Å². The molecule has 13 heteroatoms. The van der Waals surface area contributed by atoms with E-state index >= 15 is 0 Å². The standard InChI is InChI=1S/3HI.9H2O.Sm/h3*1H;9*1H2;/q;;;;;;;;;;;;+3/p-3. The Kier molecular flexibility index (Phi) is 602. The van der Waals surface area contributed by atoms with Crippen molar-refractivity contribution >= 4 is 42.9 Å². The average Bonchev–Trinajstić information content (AvgIpc) is 0.811. The fraction of sp³-hybridized carbons (Fsp3) is 0. The van der Waals surface area contributed by atoms with E-state index in [1.54, 1.807) is 0 Å². The Morgan fingerprint density at radius 1 is 0.385 bits per heavy atom. The van der Waals surface area contributed by atoms with Gasteiger partial charge in [-0.3, -0.25) is 0 Å². The van der Waals surface area contributed by atoms with Crippen LogP contribution < -0.4 is 0 Å². The maximum absolute atomic E-state index is 2.51. The number of halogens is 3. The molecule has 0 saturated carbocycles. The van der Waals surface area contributed by atoms with Gasteiger partial charge in [0.15, 0.2) is 0 Å². The Morgan fingerprint density at radius 3 is 0.385 bits per heavy atom. The number of hydrogen-bond acceptors (Lipinski definition) is 0. The Balaban J connectivity index is -0.00000000125. The maximum atomic E-state index is 2.51. The summed E-state index contributed by atoms with van der Waals surface area (Å²) in [5, 5.41) is 0. The van der Waals surface area contributed by atoms with Crippen molar-refractivity contribution in [3.8, 4) is 0 Å². The first-order valence-corrected chi connectivity index (χ1v) is 23.0. The third-order valence-electron chi connectivity index (χ3n) is 0. The van der Waals surface area contributed by atoms with Gasteiger partial charge in [-0.15, -0.1) is 0 Å². The van der Waals surface area contributed by atoms with E-state index in [0.717, 1.165) is 0 Å². The van der Waals surface area contributed by atoms with E-state index in [2.05, 4.69) is 42.9 Å². The van der Waals surface area contributed by atoms with Gasteiger partial charge in [-0.25, -0.2) is 0 Å². The zero-order valence-electron chi connectivity index (χ0n) is 6.04. The zero-order chi connectivity index (χ0) is 3.58. The summed E-state index contributed by atoms with van der Waals surface area (Å²) < 4.78 is 0. The molecule has 0 amide bonds. The monoisotopic (exact) mass is 695 g/mol. The van der Waals surface area contributed by atoms with Crippen LogP contribution in [0.2, 0.25) is 0 Å². The average molecular weight is 693 g/mol. The van der Waals surface area contributed by atoms with Crippen LogP contribution in [-0.2, 0) is 0 Å². The molecule has 0 rings (SSSR count). The van der Waals surface area contributed by atoms with Crippen LogP contribution in [0.1, 0.15) is 0 Å². The van der Waals surface area contributed by atoms with E-state index in [0.29, 0.717) is 0 Å². The van der Waals surface area contributed by atoms with Crippen molar-refractivity contribution in [2.75, 3.05) is 0 Å². The summed E-state index contributed by atoms with van der Waals surface area (Å²) in [7, 11) is 0. The first kappa shape index (κ1) is 97.8. The zero-order valence-corrected chi connectivity index (χ0v) is 15.1. The molecule has 0 unspecified atom stereocenters. The SMILES string of the molecule is O.O.O.O.O.O.O.O.O.[I][Sm]([I])[I]. The Bertz CT molecular complexity index is 19.6. The Hall–Kier alpha value is 3.17. The molecule has 0 aliphatic carbocycles.